The first-order valence-electron chi connectivity index (χ1n) is 12.0. The molecule has 0 amide bonds. The van der Waals surface area contributed by atoms with E-state index in [2.05, 4.69) is 58.3 Å². The van der Waals surface area contributed by atoms with Crippen LogP contribution in [0.4, 0.5) is 0 Å². The Hall–Kier alpha value is -1.88. The minimum atomic E-state index is 0.693. The smallest absolute Gasteiger partial charge is 0.119 e. The monoisotopic (exact) mass is 422 g/mol. The van der Waals surface area contributed by atoms with Gasteiger partial charge in [-0.15, -0.1) is 0 Å². The summed E-state index contributed by atoms with van der Waals surface area (Å²) in [4.78, 5) is 5.36. The average Bonchev–Trinajstić information content (AvgIpc) is 3.24. The Balaban J connectivity index is 1.34. The summed E-state index contributed by atoms with van der Waals surface area (Å²) < 4.78 is 11.0. The average molecular weight is 423 g/mol. The van der Waals surface area contributed by atoms with Gasteiger partial charge < -0.3 is 9.47 Å². The van der Waals surface area contributed by atoms with Crippen molar-refractivity contribution in [1.29, 1.82) is 0 Å². The van der Waals surface area contributed by atoms with Crippen LogP contribution in [0.15, 0.2) is 48.5 Å². The molecule has 2 aromatic carbocycles. The van der Waals surface area contributed by atoms with Gasteiger partial charge in [0, 0.05) is 39.3 Å². The van der Waals surface area contributed by atoms with E-state index in [0.717, 1.165) is 37.9 Å². The van der Waals surface area contributed by atoms with Crippen LogP contribution >= 0.6 is 0 Å². The largest absolute Gasteiger partial charge is 0.494 e. The van der Waals surface area contributed by atoms with Crippen molar-refractivity contribution in [3.8, 4) is 5.75 Å². The van der Waals surface area contributed by atoms with Crippen LogP contribution in [0.5, 0.6) is 5.75 Å². The Kier molecular flexibility index (Phi) is 8.01. The van der Waals surface area contributed by atoms with Gasteiger partial charge in [-0.3, -0.25) is 9.80 Å². The molecule has 1 aliphatic carbocycles. The van der Waals surface area contributed by atoms with Crippen molar-refractivity contribution in [3.63, 3.8) is 0 Å². The summed E-state index contributed by atoms with van der Waals surface area (Å²) in [6.45, 7) is 9.10. The number of fused-ring (bicyclic) bond motifs is 1. The van der Waals surface area contributed by atoms with Gasteiger partial charge in [-0.25, -0.2) is 0 Å². The molecule has 0 spiro atoms. The van der Waals surface area contributed by atoms with Crippen LogP contribution in [0, 0.1) is 5.92 Å². The van der Waals surface area contributed by atoms with Crippen LogP contribution in [0.25, 0.3) is 0 Å². The lowest BCUT2D eigenvalue weighted by Crippen LogP contribution is -2.46. The lowest BCUT2D eigenvalue weighted by molar-refractivity contribution is 0.0843. The molecule has 0 radical (unpaired) electrons. The van der Waals surface area contributed by atoms with E-state index in [-0.39, 0.29) is 0 Å². The van der Waals surface area contributed by atoms with E-state index in [0.29, 0.717) is 12.6 Å². The number of nitrogens with zero attached hydrogens (tertiary/aromatic N) is 2. The van der Waals surface area contributed by atoms with Crippen LogP contribution < -0.4 is 4.74 Å². The van der Waals surface area contributed by atoms with Gasteiger partial charge in [-0.2, -0.15) is 0 Å². The van der Waals surface area contributed by atoms with Crippen molar-refractivity contribution in [3.05, 3.63) is 65.2 Å². The maximum absolute atomic E-state index is 5.60. The van der Waals surface area contributed by atoms with Crippen molar-refractivity contribution in [2.75, 3.05) is 46.5 Å². The Labute approximate surface area is 188 Å². The molecule has 1 saturated heterocycles. The number of likely N-dealkylation sites (tertiary alicyclic amines) is 1. The van der Waals surface area contributed by atoms with Crippen molar-refractivity contribution in [2.24, 2.45) is 5.92 Å². The second-order valence-electron chi connectivity index (χ2n) is 9.14. The highest BCUT2D eigenvalue weighted by atomic mass is 16.5. The fourth-order valence-electron chi connectivity index (χ4n) is 5.31. The van der Waals surface area contributed by atoms with E-state index >= 15 is 0 Å². The minimum absolute atomic E-state index is 0.693. The van der Waals surface area contributed by atoms with Crippen molar-refractivity contribution < 1.29 is 9.47 Å². The third-order valence-electron chi connectivity index (χ3n) is 6.86. The summed E-state index contributed by atoms with van der Waals surface area (Å²) in [6.07, 6.45) is 5.10. The molecule has 0 bridgehead atoms. The fraction of sp³-hybridized carbons (Fsp3) is 0.556. The molecule has 2 aliphatic rings. The molecule has 168 valence electrons. The molecule has 0 saturated carbocycles. The van der Waals surface area contributed by atoms with E-state index < -0.39 is 0 Å². The highest BCUT2D eigenvalue weighted by Gasteiger charge is 2.31. The van der Waals surface area contributed by atoms with Gasteiger partial charge in [0.1, 0.15) is 5.75 Å². The molecule has 4 nitrogen and oxygen atoms in total. The van der Waals surface area contributed by atoms with Crippen LogP contribution in [0.1, 0.15) is 36.5 Å². The lowest BCUT2D eigenvalue weighted by Gasteiger charge is -2.38. The number of methoxy groups -OCH3 is 1. The van der Waals surface area contributed by atoms with E-state index in [9.17, 15) is 0 Å². The quantitative estimate of drug-likeness (QED) is 0.566. The summed E-state index contributed by atoms with van der Waals surface area (Å²) in [6, 6.07) is 18.3. The number of hydrogen-bond donors (Lipinski definition) is 0. The summed E-state index contributed by atoms with van der Waals surface area (Å²) in [7, 11) is 1.80. The number of hydrogen-bond acceptors (Lipinski definition) is 4. The molecule has 0 aromatic heterocycles. The Bertz CT molecular complexity index is 782. The molecule has 31 heavy (non-hydrogen) atoms. The maximum atomic E-state index is 5.60. The summed E-state index contributed by atoms with van der Waals surface area (Å²) >= 11 is 0. The summed E-state index contributed by atoms with van der Waals surface area (Å²) in [5, 5.41) is 0. The Morgan fingerprint density at radius 3 is 2.45 bits per heavy atom. The van der Waals surface area contributed by atoms with Crippen LogP contribution in [0.2, 0.25) is 0 Å². The SMILES string of the molecule is CCOc1ccc(CN(CCOC)C[C@@H]2CCCN(C3Cc4ccccc4C3)C2)cc1. The third-order valence-corrected chi connectivity index (χ3v) is 6.86. The minimum Gasteiger partial charge on any atom is -0.494 e. The van der Waals surface area contributed by atoms with Crippen LogP contribution in [-0.2, 0) is 24.1 Å². The standard InChI is InChI=1S/C27H38N2O2/c1-3-31-27-12-10-22(11-13-27)19-28(15-16-30-2)20-23-7-6-14-29(21-23)26-17-24-8-4-5-9-25(24)18-26/h4-5,8-13,23,26H,3,6-7,14-21H2,1-2H3/t23-/m0/s1. The first kappa shape index (κ1) is 22.3. The zero-order chi connectivity index (χ0) is 21.5. The Morgan fingerprint density at radius 1 is 1.03 bits per heavy atom. The zero-order valence-electron chi connectivity index (χ0n) is 19.3. The van der Waals surface area contributed by atoms with Crippen LogP contribution in [-0.4, -0.2) is 62.3 Å². The van der Waals surface area contributed by atoms with E-state index in [1.165, 1.54) is 44.3 Å². The van der Waals surface area contributed by atoms with Crippen molar-refractivity contribution >= 4 is 0 Å². The fourth-order valence-corrected chi connectivity index (χ4v) is 5.31. The molecular weight excluding hydrogens is 384 g/mol. The molecule has 0 unspecified atom stereocenters. The zero-order valence-corrected chi connectivity index (χ0v) is 19.3. The predicted octanol–water partition coefficient (Wildman–Crippen LogP) is 4.41. The van der Waals surface area contributed by atoms with Gasteiger partial charge >= 0.3 is 0 Å². The number of benzene rings is 2. The number of piperidine rings is 1. The maximum Gasteiger partial charge on any atom is 0.119 e. The second-order valence-corrected chi connectivity index (χ2v) is 9.14. The first-order valence-corrected chi connectivity index (χ1v) is 12.0. The molecule has 2 aromatic rings. The second kappa shape index (κ2) is 11.1. The molecule has 4 rings (SSSR count). The molecular formula is C27H38N2O2. The normalized spacial score (nSPS) is 19.6. The van der Waals surface area contributed by atoms with Gasteiger partial charge in [0.05, 0.1) is 13.2 Å². The van der Waals surface area contributed by atoms with Crippen molar-refractivity contribution in [2.45, 2.75) is 45.2 Å². The molecule has 0 N–H and O–H groups in total. The Morgan fingerprint density at radius 2 is 1.77 bits per heavy atom. The van der Waals surface area contributed by atoms with E-state index in [1.54, 1.807) is 18.2 Å². The highest BCUT2D eigenvalue weighted by Crippen LogP contribution is 2.29. The molecule has 4 heteroatoms. The van der Waals surface area contributed by atoms with E-state index in [1.807, 2.05) is 6.92 Å². The highest BCUT2D eigenvalue weighted by molar-refractivity contribution is 5.33. The van der Waals surface area contributed by atoms with Gasteiger partial charge in [-0.1, -0.05) is 36.4 Å². The van der Waals surface area contributed by atoms with Gasteiger partial charge in [0.2, 0.25) is 0 Å². The van der Waals surface area contributed by atoms with Crippen molar-refractivity contribution in [1.82, 2.24) is 9.80 Å². The number of rotatable bonds is 10. The predicted molar refractivity (Wildman–Crippen MR) is 127 cm³/mol. The number of ether oxygens (including phenoxy) is 2. The van der Waals surface area contributed by atoms with E-state index in [4.69, 9.17) is 9.47 Å². The molecule has 1 aliphatic heterocycles. The van der Waals surface area contributed by atoms with Gasteiger partial charge in [-0.05, 0) is 73.9 Å². The summed E-state index contributed by atoms with van der Waals surface area (Å²) in [5.41, 5.74) is 4.47. The van der Waals surface area contributed by atoms with Crippen LogP contribution in [0.3, 0.4) is 0 Å². The molecule has 1 heterocycles. The topological polar surface area (TPSA) is 24.9 Å². The molecule has 1 atom stereocenters. The summed E-state index contributed by atoms with van der Waals surface area (Å²) in [5.74, 6) is 1.69. The van der Waals surface area contributed by atoms with Gasteiger partial charge in [0.15, 0.2) is 0 Å². The van der Waals surface area contributed by atoms with Gasteiger partial charge in [0.25, 0.3) is 0 Å². The lowest BCUT2D eigenvalue weighted by atomic mass is 9.95. The molecule has 1 fully saturated rings. The first-order chi connectivity index (χ1) is 15.2. The third kappa shape index (κ3) is 6.09.